The smallest absolute Gasteiger partial charge is 0.303 e. The summed E-state index contributed by atoms with van der Waals surface area (Å²) in [5.41, 5.74) is 0. The van der Waals surface area contributed by atoms with Crippen molar-refractivity contribution in [2.75, 3.05) is 0 Å². The number of hydrogen-bond donors (Lipinski definition) is 1. The number of rotatable bonds is 6. The summed E-state index contributed by atoms with van der Waals surface area (Å²) in [6.07, 6.45) is 2.16. The van der Waals surface area contributed by atoms with Crippen molar-refractivity contribution in [3.8, 4) is 0 Å². The van der Waals surface area contributed by atoms with E-state index in [1.54, 1.807) is 0 Å². The Morgan fingerprint density at radius 1 is 1.47 bits per heavy atom. The molecule has 15 heavy (non-hydrogen) atoms. The molecule has 84 valence electrons. The molecule has 5 heteroatoms. The average Bonchev–Trinajstić information content (AvgIpc) is 2.62. The van der Waals surface area contributed by atoms with Crippen LogP contribution < -0.4 is 0 Å². The monoisotopic (exact) mass is 212 g/mol. The lowest BCUT2D eigenvalue weighted by Gasteiger charge is -2.02. The van der Waals surface area contributed by atoms with Gasteiger partial charge in [0.05, 0.1) is 6.42 Å². The maximum atomic E-state index is 10.3. The molecular formula is C10H16N2O3. The molecule has 0 fully saturated rings. The zero-order valence-corrected chi connectivity index (χ0v) is 9.06. The zero-order valence-electron chi connectivity index (χ0n) is 9.06. The third kappa shape index (κ3) is 4.10. The van der Waals surface area contributed by atoms with Crippen LogP contribution in [0.25, 0.3) is 0 Å². The lowest BCUT2D eigenvalue weighted by Crippen LogP contribution is -1.98. The van der Waals surface area contributed by atoms with E-state index in [0.29, 0.717) is 24.1 Å². The van der Waals surface area contributed by atoms with Gasteiger partial charge in [-0.05, 0) is 5.92 Å². The molecule has 1 heterocycles. The molecule has 0 aliphatic carbocycles. The van der Waals surface area contributed by atoms with E-state index in [0.717, 1.165) is 12.8 Å². The molecule has 0 spiro atoms. The summed E-state index contributed by atoms with van der Waals surface area (Å²) in [5.74, 6) is 0.676. The van der Waals surface area contributed by atoms with Gasteiger partial charge in [-0.1, -0.05) is 20.3 Å². The van der Waals surface area contributed by atoms with E-state index < -0.39 is 5.97 Å². The summed E-state index contributed by atoms with van der Waals surface area (Å²) >= 11 is 0. The van der Waals surface area contributed by atoms with Gasteiger partial charge in [-0.2, -0.15) is 0 Å². The topological polar surface area (TPSA) is 76.2 Å². The maximum Gasteiger partial charge on any atom is 0.303 e. The van der Waals surface area contributed by atoms with Gasteiger partial charge >= 0.3 is 5.97 Å². The van der Waals surface area contributed by atoms with Crippen molar-refractivity contribution in [3.63, 3.8) is 0 Å². The summed E-state index contributed by atoms with van der Waals surface area (Å²) < 4.78 is 5.32. The first-order chi connectivity index (χ1) is 7.11. The number of aromatic nitrogens is 2. The van der Waals surface area contributed by atoms with Crippen LogP contribution in [0.3, 0.4) is 0 Å². The molecule has 0 aliphatic heterocycles. The Labute approximate surface area is 88.5 Å². The van der Waals surface area contributed by atoms with Crippen molar-refractivity contribution < 1.29 is 14.3 Å². The van der Waals surface area contributed by atoms with Crippen LogP contribution in [0.1, 0.15) is 38.5 Å². The highest BCUT2D eigenvalue weighted by Crippen LogP contribution is 2.11. The molecule has 0 saturated heterocycles. The van der Waals surface area contributed by atoms with E-state index in [1.165, 1.54) is 0 Å². The molecule has 0 radical (unpaired) electrons. The maximum absolute atomic E-state index is 10.3. The molecule has 0 aromatic carbocycles. The number of hydrogen-bond acceptors (Lipinski definition) is 4. The number of carbonyl (C=O) groups is 1. The predicted molar refractivity (Wildman–Crippen MR) is 53.4 cm³/mol. The van der Waals surface area contributed by atoms with Crippen molar-refractivity contribution in [1.82, 2.24) is 10.2 Å². The molecule has 0 saturated carbocycles. The van der Waals surface area contributed by atoms with E-state index in [4.69, 9.17) is 9.52 Å². The van der Waals surface area contributed by atoms with Gasteiger partial charge < -0.3 is 9.52 Å². The Morgan fingerprint density at radius 3 is 2.73 bits per heavy atom. The largest absolute Gasteiger partial charge is 0.481 e. The predicted octanol–water partition coefficient (Wildman–Crippen LogP) is 1.68. The van der Waals surface area contributed by atoms with Crippen molar-refractivity contribution >= 4 is 5.97 Å². The molecule has 1 atom stereocenters. The van der Waals surface area contributed by atoms with E-state index in [-0.39, 0.29) is 6.42 Å². The minimum atomic E-state index is -0.850. The molecule has 1 aromatic heterocycles. The molecule has 1 rings (SSSR count). The summed E-state index contributed by atoms with van der Waals surface area (Å²) in [4.78, 5) is 10.3. The number of nitrogens with zero attached hydrogens (tertiary/aromatic N) is 2. The van der Waals surface area contributed by atoms with Crippen LogP contribution in [-0.4, -0.2) is 21.3 Å². The third-order valence-corrected chi connectivity index (χ3v) is 2.28. The molecule has 1 aromatic rings. The minimum absolute atomic E-state index is 0.0327. The third-order valence-electron chi connectivity index (χ3n) is 2.28. The number of carboxylic acids is 1. The molecule has 1 N–H and O–H groups in total. The first kappa shape index (κ1) is 11.7. The van der Waals surface area contributed by atoms with Crippen molar-refractivity contribution in [1.29, 1.82) is 0 Å². The molecule has 5 nitrogen and oxygen atoms in total. The van der Waals surface area contributed by atoms with Crippen LogP contribution in [-0.2, 0) is 17.6 Å². The lowest BCUT2D eigenvalue weighted by molar-refractivity contribution is -0.137. The van der Waals surface area contributed by atoms with E-state index in [9.17, 15) is 4.79 Å². The van der Waals surface area contributed by atoms with Crippen molar-refractivity contribution in [3.05, 3.63) is 11.8 Å². The first-order valence-corrected chi connectivity index (χ1v) is 5.14. The molecule has 0 bridgehead atoms. The van der Waals surface area contributed by atoms with Gasteiger partial charge in [0.25, 0.3) is 0 Å². The highest BCUT2D eigenvalue weighted by atomic mass is 16.4. The zero-order chi connectivity index (χ0) is 11.3. The lowest BCUT2D eigenvalue weighted by atomic mass is 10.1. The first-order valence-electron chi connectivity index (χ1n) is 5.14. The van der Waals surface area contributed by atoms with Gasteiger partial charge in [0.1, 0.15) is 0 Å². The highest BCUT2D eigenvalue weighted by Gasteiger charge is 2.10. The Morgan fingerprint density at radius 2 is 2.13 bits per heavy atom. The number of aliphatic carboxylic acids is 1. The van der Waals surface area contributed by atoms with E-state index in [2.05, 4.69) is 24.0 Å². The number of carboxylic acid groups (broad SMARTS) is 1. The fourth-order valence-corrected chi connectivity index (χ4v) is 1.13. The normalized spacial score (nSPS) is 12.7. The summed E-state index contributed by atoms with van der Waals surface area (Å²) in [5, 5.41) is 16.1. The quantitative estimate of drug-likeness (QED) is 0.776. The van der Waals surface area contributed by atoms with Crippen LogP contribution in [0.4, 0.5) is 0 Å². The van der Waals surface area contributed by atoms with Crippen LogP contribution in [0.5, 0.6) is 0 Å². The summed E-state index contributed by atoms with van der Waals surface area (Å²) in [7, 11) is 0. The second kappa shape index (κ2) is 5.48. The van der Waals surface area contributed by atoms with Gasteiger partial charge in [-0.3, -0.25) is 4.79 Å². The fourth-order valence-electron chi connectivity index (χ4n) is 1.13. The van der Waals surface area contributed by atoms with Crippen LogP contribution in [0.15, 0.2) is 4.42 Å². The minimum Gasteiger partial charge on any atom is -0.481 e. The Bertz CT molecular complexity index is 322. The summed E-state index contributed by atoms with van der Waals surface area (Å²) in [6.45, 7) is 4.22. The molecule has 0 aliphatic rings. The average molecular weight is 212 g/mol. The Kier molecular flexibility index (Phi) is 4.27. The van der Waals surface area contributed by atoms with Crippen LogP contribution in [0, 0.1) is 5.92 Å². The van der Waals surface area contributed by atoms with Gasteiger partial charge in [-0.15, -0.1) is 10.2 Å². The summed E-state index contributed by atoms with van der Waals surface area (Å²) in [6, 6.07) is 0. The number of aryl methyl sites for hydroxylation is 1. The van der Waals surface area contributed by atoms with Gasteiger partial charge in [0.15, 0.2) is 0 Å². The van der Waals surface area contributed by atoms with Gasteiger partial charge in [-0.25, -0.2) is 0 Å². The second-order valence-electron chi connectivity index (χ2n) is 3.70. The fraction of sp³-hybridized carbons (Fsp3) is 0.700. The van der Waals surface area contributed by atoms with Gasteiger partial charge in [0, 0.05) is 12.8 Å². The molecule has 1 unspecified atom stereocenters. The standard InChI is InChI=1S/C10H16N2O3/c1-3-7(2)6-9-12-11-8(15-9)4-5-10(13)14/h7H,3-6H2,1-2H3,(H,13,14). The van der Waals surface area contributed by atoms with Crippen molar-refractivity contribution in [2.45, 2.75) is 39.5 Å². The molecule has 0 amide bonds. The van der Waals surface area contributed by atoms with Crippen molar-refractivity contribution in [2.24, 2.45) is 5.92 Å². The van der Waals surface area contributed by atoms with Crippen LogP contribution in [0.2, 0.25) is 0 Å². The Hall–Kier alpha value is -1.39. The Balaban J connectivity index is 2.45. The molecular weight excluding hydrogens is 196 g/mol. The van der Waals surface area contributed by atoms with Crippen LogP contribution >= 0.6 is 0 Å². The van der Waals surface area contributed by atoms with E-state index in [1.807, 2.05) is 0 Å². The highest BCUT2D eigenvalue weighted by molar-refractivity contribution is 5.66. The van der Waals surface area contributed by atoms with E-state index >= 15 is 0 Å². The SMILES string of the molecule is CCC(C)Cc1nnc(CCC(=O)O)o1. The van der Waals surface area contributed by atoms with Gasteiger partial charge in [0.2, 0.25) is 11.8 Å². The second-order valence-corrected chi connectivity index (χ2v) is 3.70.